The van der Waals surface area contributed by atoms with Crippen molar-refractivity contribution in [2.45, 2.75) is 63.9 Å². The minimum absolute atomic E-state index is 0.0993. The molecule has 0 aliphatic heterocycles. The molecule has 0 bridgehead atoms. The van der Waals surface area contributed by atoms with Crippen molar-refractivity contribution in [1.29, 1.82) is 0 Å². The van der Waals surface area contributed by atoms with Gasteiger partial charge in [0.1, 0.15) is 0 Å². The van der Waals surface area contributed by atoms with E-state index in [1.807, 2.05) is 25.1 Å². The molecule has 2 N–H and O–H groups in total. The average molecular weight is 484 g/mol. The Labute approximate surface area is 212 Å². The summed E-state index contributed by atoms with van der Waals surface area (Å²) in [5.41, 5.74) is 5.49. The van der Waals surface area contributed by atoms with E-state index in [0.29, 0.717) is 29.9 Å². The number of aliphatic hydroxyl groups is 2. The molecule has 2 aliphatic rings. The molecule has 1 unspecified atom stereocenters. The van der Waals surface area contributed by atoms with Crippen LogP contribution in [0.4, 0.5) is 0 Å². The van der Waals surface area contributed by atoms with Crippen molar-refractivity contribution in [2.24, 2.45) is 5.92 Å². The molecule has 3 aromatic rings. The van der Waals surface area contributed by atoms with Crippen molar-refractivity contribution >= 4 is 11.4 Å². The number of carbonyl (C=O) groups excluding carboxylic acids is 1. The number of hydrogen-bond donors (Lipinski definition) is 2. The lowest BCUT2D eigenvalue weighted by Gasteiger charge is -2.26. The van der Waals surface area contributed by atoms with Gasteiger partial charge in [-0.05, 0) is 86.3 Å². The molecule has 2 aromatic heterocycles. The Morgan fingerprint density at radius 1 is 1.11 bits per heavy atom. The maximum absolute atomic E-state index is 13.1. The second-order valence-corrected chi connectivity index (χ2v) is 10.8. The van der Waals surface area contributed by atoms with E-state index in [4.69, 9.17) is 15.1 Å². The van der Waals surface area contributed by atoms with Gasteiger partial charge in [-0.2, -0.15) is 0 Å². The van der Waals surface area contributed by atoms with Crippen molar-refractivity contribution in [3.05, 3.63) is 83.1 Å². The molecule has 1 spiro atoms. The monoisotopic (exact) mass is 483 g/mol. The Hall–Kier alpha value is -3.22. The van der Waals surface area contributed by atoms with E-state index >= 15 is 0 Å². The SMILES string of the molecule is CC(CCCO)C(=O)c1ccc2c(c1)C(c1ncc(-c3cc(C(C)(C)O)ccn3)cn1)=CCC21CC1. The Morgan fingerprint density at radius 3 is 2.53 bits per heavy atom. The van der Waals surface area contributed by atoms with Crippen LogP contribution in [0.15, 0.2) is 55.0 Å². The minimum atomic E-state index is -0.960. The third-order valence-corrected chi connectivity index (χ3v) is 7.61. The number of carbonyl (C=O) groups is 1. The van der Waals surface area contributed by atoms with Crippen LogP contribution in [0.25, 0.3) is 16.8 Å². The van der Waals surface area contributed by atoms with Crippen LogP contribution >= 0.6 is 0 Å². The highest BCUT2D eigenvalue weighted by Crippen LogP contribution is 2.56. The summed E-state index contributed by atoms with van der Waals surface area (Å²) in [6, 6.07) is 9.77. The predicted molar refractivity (Wildman–Crippen MR) is 139 cm³/mol. The summed E-state index contributed by atoms with van der Waals surface area (Å²) in [5, 5.41) is 19.5. The van der Waals surface area contributed by atoms with Crippen LogP contribution in [0.5, 0.6) is 0 Å². The zero-order chi connectivity index (χ0) is 25.5. The fraction of sp³-hybridized carbons (Fsp3) is 0.400. The lowest BCUT2D eigenvalue weighted by atomic mass is 9.78. The number of aromatic nitrogens is 3. The highest BCUT2D eigenvalue weighted by molar-refractivity contribution is 5.99. The molecule has 6 heteroatoms. The van der Waals surface area contributed by atoms with Crippen molar-refractivity contribution in [1.82, 2.24) is 15.0 Å². The van der Waals surface area contributed by atoms with Gasteiger partial charge in [-0.1, -0.05) is 25.1 Å². The molecule has 0 saturated heterocycles. The second-order valence-electron chi connectivity index (χ2n) is 10.8. The van der Waals surface area contributed by atoms with Crippen LogP contribution in [0.3, 0.4) is 0 Å². The van der Waals surface area contributed by atoms with Crippen molar-refractivity contribution in [3.63, 3.8) is 0 Å². The van der Waals surface area contributed by atoms with Gasteiger partial charge in [0.2, 0.25) is 0 Å². The van der Waals surface area contributed by atoms with Gasteiger partial charge in [0.05, 0.1) is 11.3 Å². The summed E-state index contributed by atoms with van der Waals surface area (Å²) in [6.45, 7) is 5.52. The van der Waals surface area contributed by atoms with Gasteiger partial charge in [-0.15, -0.1) is 0 Å². The van der Waals surface area contributed by atoms with Crippen LogP contribution in [-0.2, 0) is 11.0 Å². The molecule has 1 atom stereocenters. The number of fused-ring (bicyclic) bond motifs is 2. The zero-order valence-corrected chi connectivity index (χ0v) is 21.2. The number of benzene rings is 1. The first-order valence-electron chi connectivity index (χ1n) is 12.7. The van der Waals surface area contributed by atoms with Crippen LogP contribution in [-0.4, -0.2) is 37.6 Å². The Balaban J connectivity index is 1.47. The largest absolute Gasteiger partial charge is 0.396 e. The molecule has 5 rings (SSSR count). The summed E-state index contributed by atoms with van der Waals surface area (Å²) < 4.78 is 0. The zero-order valence-electron chi connectivity index (χ0n) is 21.2. The molecule has 36 heavy (non-hydrogen) atoms. The standard InChI is InChI=1S/C30H33N3O3/c1-19(5-4-14-34)27(35)20-6-7-25-24(15-20)23(8-10-30(25)11-12-30)28-32-17-21(18-33-28)26-16-22(9-13-31-26)29(2,3)36/h6-9,13,15-19,34,36H,4-5,10-12,14H2,1-3H3. The summed E-state index contributed by atoms with van der Waals surface area (Å²) in [6.07, 6.45) is 12.0. The Kier molecular flexibility index (Phi) is 6.35. The molecule has 6 nitrogen and oxygen atoms in total. The summed E-state index contributed by atoms with van der Waals surface area (Å²) in [4.78, 5) is 26.9. The average Bonchev–Trinajstić information content (AvgIpc) is 3.66. The quantitative estimate of drug-likeness (QED) is 0.426. The van der Waals surface area contributed by atoms with Gasteiger partial charge in [0.15, 0.2) is 11.6 Å². The fourth-order valence-corrected chi connectivity index (χ4v) is 5.12. The third kappa shape index (κ3) is 4.63. The minimum Gasteiger partial charge on any atom is -0.396 e. The highest BCUT2D eigenvalue weighted by atomic mass is 16.3. The first-order valence-corrected chi connectivity index (χ1v) is 12.7. The number of Topliss-reactive ketones (excluding diaryl/α,β-unsaturated/α-hetero) is 1. The van der Waals surface area contributed by atoms with Crippen LogP contribution < -0.4 is 0 Å². The number of aliphatic hydroxyl groups excluding tert-OH is 1. The van der Waals surface area contributed by atoms with E-state index in [0.717, 1.165) is 41.5 Å². The number of pyridine rings is 1. The van der Waals surface area contributed by atoms with Crippen LogP contribution in [0.2, 0.25) is 0 Å². The van der Waals surface area contributed by atoms with Gasteiger partial charge >= 0.3 is 0 Å². The molecule has 2 heterocycles. The fourth-order valence-electron chi connectivity index (χ4n) is 5.12. The van der Waals surface area contributed by atoms with Gasteiger partial charge in [-0.3, -0.25) is 9.78 Å². The number of ketones is 1. The maximum Gasteiger partial charge on any atom is 0.165 e. The normalized spacial score (nSPS) is 16.9. The summed E-state index contributed by atoms with van der Waals surface area (Å²) in [5.74, 6) is 0.603. The van der Waals surface area contributed by atoms with E-state index in [9.17, 15) is 9.90 Å². The Morgan fingerprint density at radius 2 is 1.86 bits per heavy atom. The lowest BCUT2D eigenvalue weighted by Crippen LogP contribution is -2.17. The molecule has 1 fully saturated rings. The van der Waals surface area contributed by atoms with Gasteiger partial charge in [-0.25, -0.2) is 9.97 Å². The van der Waals surface area contributed by atoms with E-state index < -0.39 is 5.60 Å². The van der Waals surface area contributed by atoms with Crippen molar-refractivity contribution in [2.75, 3.05) is 6.61 Å². The van der Waals surface area contributed by atoms with Crippen molar-refractivity contribution in [3.8, 4) is 11.3 Å². The molecule has 186 valence electrons. The molecular formula is C30H33N3O3. The molecule has 1 aromatic carbocycles. The second kappa shape index (κ2) is 9.34. The van der Waals surface area contributed by atoms with Crippen LogP contribution in [0, 0.1) is 5.92 Å². The third-order valence-electron chi connectivity index (χ3n) is 7.61. The maximum atomic E-state index is 13.1. The first-order chi connectivity index (χ1) is 17.2. The summed E-state index contributed by atoms with van der Waals surface area (Å²) in [7, 11) is 0. The molecule has 0 amide bonds. The van der Waals surface area contributed by atoms with E-state index in [1.54, 1.807) is 38.5 Å². The number of allylic oxidation sites excluding steroid dienone is 1. The van der Waals surface area contributed by atoms with Gasteiger partial charge in [0.25, 0.3) is 0 Å². The molecule has 1 saturated carbocycles. The molecule has 0 radical (unpaired) electrons. The van der Waals surface area contributed by atoms with E-state index in [-0.39, 0.29) is 23.7 Å². The van der Waals surface area contributed by atoms with Crippen LogP contribution in [0.1, 0.15) is 85.7 Å². The topological polar surface area (TPSA) is 96.2 Å². The van der Waals surface area contributed by atoms with E-state index in [2.05, 4.69) is 17.1 Å². The smallest absolute Gasteiger partial charge is 0.165 e. The number of hydrogen-bond acceptors (Lipinski definition) is 6. The number of nitrogens with zero attached hydrogens (tertiary/aromatic N) is 3. The van der Waals surface area contributed by atoms with E-state index in [1.165, 1.54) is 5.56 Å². The van der Waals surface area contributed by atoms with Crippen molar-refractivity contribution < 1.29 is 15.0 Å². The first kappa shape index (κ1) is 24.5. The predicted octanol–water partition coefficient (Wildman–Crippen LogP) is 5.22. The van der Waals surface area contributed by atoms with Gasteiger partial charge in [0, 0.05) is 47.8 Å². The van der Waals surface area contributed by atoms with Gasteiger partial charge < -0.3 is 10.2 Å². The summed E-state index contributed by atoms with van der Waals surface area (Å²) >= 11 is 0. The Bertz CT molecular complexity index is 1320. The highest BCUT2D eigenvalue weighted by Gasteiger charge is 2.47. The number of rotatable bonds is 8. The lowest BCUT2D eigenvalue weighted by molar-refractivity contribution is 0.0785. The molecular weight excluding hydrogens is 450 g/mol. The molecule has 2 aliphatic carbocycles.